The number of hydrogen-bond acceptors (Lipinski definition) is 5. The van der Waals surface area contributed by atoms with Gasteiger partial charge in [-0.25, -0.2) is 9.67 Å². The fourth-order valence-corrected chi connectivity index (χ4v) is 3.79. The smallest absolute Gasteiger partial charge is 0.191 e. The van der Waals surface area contributed by atoms with Gasteiger partial charge in [0.15, 0.2) is 11.8 Å². The molecule has 2 atom stereocenters. The Morgan fingerprint density at radius 2 is 2.16 bits per heavy atom. The number of hydrogen-bond donors (Lipinski definition) is 2. The maximum atomic E-state index is 5.16. The highest BCUT2D eigenvalue weighted by Crippen LogP contribution is 2.14. The second-order valence-corrected chi connectivity index (χ2v) is 8.24. The van der Waals surface area contributed by atoms with Gasteiger partial charge >= 0.3 is 0 Å². The van der Waals surface area contributed by atoms with Crippen molar-refractivity contribution in [3.8, 4) is 0 Å². The average molecular weight is 428 g/mol. The van der Waals surface area contributed by atoms with Gasteiger partial charge in [-0.15, -0.1) is 0 Å². The fourth-order valence-electron chi connectivity index (χ4n) is 3.79. The molecule has 2 aromatic rings. The van der Waals surface area contributed by atoms with Gasteiger partial charge in [-0.1, -0.05) is 30.3 Å². The molecule has 1 aromatic heterocycles. The number of fused-ring (bicyclic) bond motifs is 1. The second kappa shape index (κ2) is 11.8. The number of ether oxygens (including phenoxy) is 1. The lowest BCUT2D eigenvalue weighted by atomic mass is 10.1. The Kier molecular flexibility index (Phi) is 8.85. The largest absolute Gasteiger partial charge is 0.377 e. The number of nitrogens with zero attached hydrogens (tertiary/aromatic N) is 5. The second-order valence-electron chi connectivity index (χ2n) is 8.24. The molecule has 0 amide bonds. The molecular weight excluding hydrogens is 390 g/mol. The molecule has 3 rings (SSSR count). The SMILES string of the molecule is CCNC(=NCCC(C)N(C)Cc1ccccc1)NC1CCc2nc(COC)nn2C1. The van der Waals surface area contributed by atoms with Crippen molar-refractivity contribution in [3.05, 3.63) is 47.5 Å². The molecule has 0 aliphatic carbocycles. The molecule has 31 heavy (non-hydrogen) atoms. The third kappa shape index (κ3) is 7.04. The zero-order valence-corrected chi connectivity index (χ0v) is 19.3. The third-order valence-electron chi connectivity index (χ3n) is 5.70. The summed E-state index contributed by atoms with van der Waals surface area (Å²) in [6, 6.07) is 11.4. The molecule has 2 unspecified atom stereocenters. The molecule has 0 fully saturated rings. The van der Waals surface area contributed by atoms with Gasteiger partial charge in [0, 0.05) is 45.2 Å². The van der Waals surface area contributed by atoms with E-state index in [4.69, 9.17) is 9.73 Å². The summed E-state index contributed by atoms with van der Waals surface area (Å²) in [5.74, 6) is 2.68. The Labute approximate surface area is 186 Å². The molecule has 8 nitrogen and oxygen atoms in total. The van der Waals surface area contributed by atoms with E-state index >= 15 is 0 Å². The Bertz CT molecular complexity index is 821. The average Bonchev–Trinajstić information content (AvgIpc) is 3.16. The summed E-state index contributed by atoms with van der Waals surface area (Å²) in [5, 5.41) is 11.5. The molecule has 0 spiro atoms. The van der Waals surface area contributed by atoms with E-state index < -0.39 is 0 Å². The van der Waals surface area contributed by atoms with E-state index in [2.05, 4.69) is 76.8 Å². The van der Waals surface area contributed by atoms with Crippen LogP contribution < -0.4 is 10.6 Å². The number of rotatable bonds is 10. The van der Waals surface area contributed by atoms with Crippen molar-refractivity contribution >= 4 is 5.96 Å². The van der Waals surface area contributed by atoms with Crippen molar-refractivity contribution in [2.45, 2.75) is 64.9 Å². The summed E-state index contributed by atoms with van der Waals surface area (Å²) >= 11 is 0. The summed E-state index contributed by atoms with van der Waals surface area (Å²) in [5.41, 5.74) is 1.34. The third-order valence-corrected chi connectivity index (χ3v) is 5.70. The van der Waals surface area contributed by atoms with Crippen LogP contribution in [0.2, 0.25) is 0 Å². The molecule has 0 bridgehead atoms. The highest BCUT2D eigenvalue weighted by molar-refractivity contribution is 5.80. The molecule has 1 aliphatic rings. The number of nitrogens with one attached hydrogen (secondary N) is 2. The van der Waals surface area contributed by atoms with Crippen molar-refractivity contribution in [1.82, 2.24) is 30.3 Å². The molecule has 1 aliphatic heterocycles. The molecule has 0 saturated heterocycles. The van der Waals surface area contributed by atoms with Crippen molar-refractivity contribution in [2.24, 2.45) is 4.99 Å². The Morgan fingerprint density at radius 3 is 2.90 bits per heavy atom. The molecule has 2 heterocycles. The van der Waals surface area contributed by atoms with Gasteiger partial charge < -0.3 is 15.4 Å². The molecule has 2 N–H and O–H groups in total. The quantitative estimate of drug-likeness (QED) is 0.447. The summed E-state index contributed by atoms with van der Waals surface area (Å²) in [4.78, 5) is 11.8. The van der Waals surface area contributed by atoms with Crippen LogP contribution in [0.1, 0.15) is 43.9 Å². The van der Waals surface area contributed by atoms with Crippen LogP contribution in [-0.2, 0) is 30.9 Å². The first-order chi connectivity index (χ1) is 15.1. The van der Waals surface area contributed by atoms with Gasteiger partial charge in [0.05, 0.1) is 6.54 Å². The maximum absolute atomic E-state index is 5.16. The first-order valence-electron chi connectivity index (χ1n) is 11.3. The van der Waals surface area contributed by atoms with E-state index in [9.17, 15) is 0 Å². The van der Waals surface area contributed by atoms with Gasteiger partial charge in [-0.05, 0) is 39.3 Å². The van der Waals surface area contributed by atoms with Gasteiger partial charge in [0.2, 0.25) is 0 Å². The van der Waals surface area contributed by atoms with Crippen LogP contribution in [0.4, 0.5) is 0 Å². The number of aryl methyl sites for hydroxylation is 1. The van der Waals surface area contributed by atoms with E-state index in [0.29, 0.717) is 18.7 Å². The van der Waals surface area contributed by atoms with E-state index in [1.165, 1.54) is 5.56 Å². The number of guanidine groups is 1. The fraction of sp³-hybridized carbons (Fsp3) is 0.609. The summed E-state index contributed by atoms with van der Waals surface area (Å²) < 4.78 is 7.16. The minimum absolute atomic E-state index is 0.292. The van der Waals surface area contributed by atoms with Gasteiger partial charge in [0.25, 0.3) is 0 Å². The predicted octanol–water partition coefficient (Wildman–Crippen LogP) is 2.21. The number of aliphatic imine (C=N–C) groups is 1. The van der Waals surface area contributed by atoms with E-state index in [1.54, 1.807) is 7.11 Å². The molecule has 170 valence electrons. The number of methoxy groups -OCH3 is 1. The van der Waals surface area contributed by atoms with Crippen molar-refractivity contribution in [3.63, 3.8) is 0 Å². The van der Waals surface area contributed by atoms with Crippen LogP contribution in [-0.4, -0.2) is 65.0 Å². The molecule has 1 aromatic carbocycles. The van der Waals surface area contributed by atoms with Crippen LogP contribution in [0, 0.1) is 0 Å². The van der Waals surface area contributed by atoms with Crippen LogP contribution in [0.3, 0.4) is 0 Å². The lowest BCUT2D eigenvalue weighted by molar-refractivity contribution is 0.177. The lowest BCUT2D eigenvalue weighted by Crippen LogP contribution is -2.47. The number of aromatic nitrogens is 3. The predicted molar refractivity (Wildman–Crippen MR) is 124 cm³/mol. The highest BCUT2D eigenvalue weighted by atomic mass is 16.5. The summed E-state index contributed by atoms with van der Waals surface area (Å²) in [6.45, 7) is 8.21. The minimum Gasteiger partial charge on any atom is -0.377 e. The van der Waals surface area contributed by atoms with Gasteiger partial charge in [0.1, 0.15) is 12.4 Å². The highest BCUT2D eigenvalue weighted by Gasteiger charge is 2.22. The van der Waals surface area contributed by atoms with Crippen molar-refractivity contribution < 1.29 is 4.74 Å². The normalized spacial score (nSPS) is 17.5. The Hall–Kier alpha value is -2.45. The Morgan fingerprint density at radius 1 is 1.35 bits per heavy atom. The minimum atomic E-state index is 0.292. The first-order valence-corrected chi connectivity index (χ1v) is 11.3. The zero-order chi connectivity index (χ0) is 22.1. The van der Waals surface area contributed by atoms with E-state index in [0.717, 1.165) is 63.0 Å². The van der Waals surface area contributed by atoms with Crippen LogP contribution in [0.25, 0.3) is 0 Å². The molecule has 0 radical (unpaired) electrons. The lowest BCUT2D eigenvalue weighted by Gasteiger charge is -2.26. The van der Waals surface area contributed by atoms with Gasteiger partial charge in [-0.2, -0.15) is 5.10 Å². The van der Waals surface area contributed by atoms with Crippen LogP contribution >= 0.6 is 0 Å². The topological polar surface area (TPSA) is 79.6 Å². The monoisotopic (exact) mass is 427 g/mol. The van der Waals surface area contributed by atoms with E-state index in [-0.39, 0.29) is 0 Å². The van der Waals surface area contributed by atoms with Crippen LogP contribution in [0.15, 0.2) is 35.3 Å². The van der Waals surface area contributed by atoms with Gasteiger partial charge in [-0.3, -0.25) is 9.89 Å². The molecule has 8 heteroatoms. The molecule has 0 saturated carbocycles. The van der Waals surface area contributed by atoms with Crippen molar-refractivity contribution in [1.29, 1.82) is 0 Å². The summed E-state index contributed by atoms with van der Waals surface area (Å²) in [6.07, 6.45) is 2.94. The van der Waals surface area contributed by atoms with Crippen molar-refractivity contribution in [2.75, 3.05) is 27.2 Å². The summed E-state index contributed by atoms with van der Waals surface area (Å²) in [7, 11) is 3.85. The van der Waals surface area contributed by atoms with Crippen LogP contribution in [0.5, 0.6) is 0 Å². The number of benzene rings is 1. The maximum Gasteiger partial charge on any atom is 0.191 e. The molecular formula is C23H37N7O. The van der Waals surface area contributed by atoms with E-state index in [1.807, 2.05) is 4.68 Å². The zero-order valence-electron chi connectivity index (χ0n) is 19.3. The first kappa shape index (κ1) is 23.2. The Balaban J connectivity index is 1.49. The standard InChI is InChI=1S/C23H37N7O/c1-5-24-23(25-14-13-18(2)29(3)15-19-9-7-6-8-10-19)26-20-11-12-22-27-21(17-31-4)28-30(22)16-20/h6-10,18,20H,5,11-17H2,1-4H3,(H2,24,25,26).